The van der Waals surface area contributed by atoms with E-state index in [2.05, 4.69) is 0 Å². The molecule has 5 heteroatoms. The highest BCUT2D eigenvalue weighted by atomic mass is 35.5. The van der Waals surface area contributed by atoms with E-state index in [4.69, 9.17) is 16.3 Å². The Kier molecular flexibility index (Phi) is 5.74. The maximum atomic E-state index is 12.8. The molecular weight excluding hydrogens is 354 g/mol. The zero-order valence-corrected chi connectivity index (χ0v) is 15.4. The van der Waals surface area contributed by atoms with Gasteiger partial charge in [-0.25, -0.2) is 0 Å². The molecule has 0 saturated carbocycles. The van der Waals surface area contributed by atoms with Gasteiger partial charge < -0.3 is 9.64 Å². The number of hydrogen-bond acceptors (Lipinski definition) is 3. The molecule has 0 spiro atoms. The first-order chi connectivity index (χ1) is 12.1. The summed E-state index contributed by atoms with van der Waals surface area (Å²) < 4.78 is 5.62. The first-order valence-electron chi connectivity index (χ1n) is 7.89. The summed E-state index contributed by atoms with van der Waals surface area (Å²) in [5, 5.41) is 2.65. The Bertz CT molecular complexity index is 814. The van der Waals surface area contributed by atoms with Gasteiger partial charge in [0, 0.05) is 15.6 Å². The van der Waals surface area contributed by atoms with E-state index >= 15 is 0 Å². The lowest BCUT2D eigenvalue weighted by Crippen LogP contribution is -2.34. The standard InChI is InChI=1S/C20H18ClNO2S/c1-15-4-8-17(9-5-15)22(13-19-3-2-12-25-19)20(23)14-24-18-10-6-16(21)7-11-18/h2-12H,13-14H2,1H3. The first kappa shape index (κ1) is 17.5. The van der Waals surface area contributed by atoms with E-state index in [1.165, 1.54) is 0 Å². The Balaban J connectivity index is 1.74. The molecule has 0 aliphatic carbocycles. The number of anilines is 1. The van der Waals surface area contributed by atoms with Crippen molar-refractivity contribution in [2.24, 2.45) is 0 Å². The third-order valence-electron chi connectivity index (χ3n) is 3.72. The minimum Gasteiger partial charge on any atom is -0.484 e. The molecule has 0 radical (unpaired) electrons. The summed E-state index contributed by atoms with van der Waals surface area (Å²) in [5.74, 6) is 0.532. The highest BCUT2D eigenvalue weighted by molar-refractivity contribution is 7.09. The van der Waals surface area contributed by atoms with Gasteiger partial charge in [-0.05, 0) is 54.8 Å². The van der Waals surface area contributed by atoms with Gasteiger partial charge in [0.25, 0.3) is 5.91 Å². The molecule has 1 amide bonds. The van der Waals surface area contributed by atoms with Crippen molar-refractivity contribution in [3.05, 3.63) is 81.5 Å². The van der Waals surface area contributed by atoms with E-state index < -0.39 is 0 Å². The summed E-state index contributed by atoms with van der Waals surface area (Å²) in [5.41, 5.74) is 2.02. The van der Waals surface area contributed by atoms with Gasteiger partial charge in [-0.1, -0.05) is 35.4 Å². The summed E-state index contributed by atoms with van der Waals surface area (Å²) in [4.78, 5) is 15.7. The van der Waals surface area contributed by atoms with Gasteiger partial charge in [-0.3, -0.25) is 4.79 Å². The van der Waals surface area contributed by atoms with Crippen LogP contribution in [0.2, 0.25) is 5.02 Å². The third kappa shape index (κ3) is 4.84. The molecule has 0 atom stereocenters. The second-order valence-corrected chi connectivity index (χ2v) is 7.11. The van der Waals surface area contributed by atoms with Gasteiger partial charge >= 0.3 is 0 Å². The largest absolute Gasteiger partial charge is 0.484 e. The van der Waals surface area contributed by atoms with Crippen molar-refractivity contribution in [3.63, 3.8) is 0 Å². The average Bonchev–Trinajstić information content (AvgIpc) is 3.13. The fourth-order valence-corrected chi connectivity index (χ4v) is 3.18. The molecule has 3 nitrogen and oxygen atoms in total. The monoisotopic (exact) mass is 371 g/mol. The predicted molar refractivity (Wildman–Crippen MR) is 104 cm³/mol. The van der Waals surface area contributed by atoms with Crippen molar-refractivity contribution in [3.8, 4) is 5.75 Å². The van der Waals surface area contributed by atoms with Crippen LogP contribution in [0.5, 0.6) is 5.75 Å². The molecule has 128 valence electrons. The molecule has 0 saturated heterocycles. The smallest absolute Gasteiger partial charge is 0.265 e. The Morgan fingerprint density at radius 1 is 1.08 bits per heavy atom. The zero-order valence-electron chi connectivity index (χ0n) is 13.8. The number of halogens is 1. The van der Waals surface area contributed by atoms with Crippen LogP contribution in [0.4, 0.5) is 5.69 Å². The Labute approximate surface area is 156 Å². The van der Waals surface area contributed by atoms with Crippen LogP contribution in [0.15, 0.2) is 66.0 Å². The number of benzene rings is 2. The number of hydrogen-bond donors (Lipinski definition) is 0. The van der Waals surface area contributed by atoms with Gasteiger partial charge in [-0.2, -0.15) is 0 Å². The second kappa shape index (κ2) is 8.19. The molecule has 0 unspecified atom stereocenters. The van der Waals surface area contributed by atoms with Crippen LogP contribution in [0.25, 0.3) is 0 Å². The predicted octanol–water partition coefficient (Wildman–Crippen LogP) is 5.32. The van der Waals surface area contributed by atoms with Crippen molar-refractivity contribution in [1.82, 2.24) is 0 Å². The van der Waals surface area contributed by atoms with E-state index in [0.717, 1.165) is 16.1 Å². The quantitative estimate of drug-likeness (QED) is 0.586. The second-order valence-electron chi connectivity index (χ2n) is 5.64. The lowest BCUT2D eigenvalue weighted by atomic mass is 10.2. The topological polar surface area (TPSA) is 29.5 Å². The van der Waals surface area contributed by atoms with Crippen molar-refractivity contribution in [2.75, 3.05) is 11.5 Å². The number of thiophene rings is 1. The summed E-state index contributed by atoms with van der Waals surface area (Å²) in [6, 6.07) is 18.9. The Morgan fingerprint density at radius 2 is 1.80 bits per heavy atom. The first-order valence-corrected chi connectivity index (χ1v) is 9.15. The van der Waals surface area contributed by atoms with Crippen LogP contribution in [0.1, 0.15) is 10.4 Å². The number of nitrogens with zero attached hydrogens (tertiary/aromatic N) is 1. The zero-order chi connectivity index (χ0) is 17.6. The fourth-order valence-electron chi connectivity index (χ4n) is 2.36. The Hall–Kier alpha value is -2.30. The molecule has 0 N–H and O–H groups in total. The molecule has 2 aromatic carbocycles. The summed E-state index contributed by atoms with van der Waals surface area (Å²) in [6.45, 7) is 2.53. The van der Waals surface area contributed by atoms with E-state index in [9.17, 15) is 4.79 Å². The van der Waals surface area contributed by atoms with E-state index in [1.807, 2.05) is 48.7 Å². The van der Waals surface area contributed by atoms with E-state index in [-0.39, 0.29) is 12.5 Å². The molecule has 1 aromatic heterocycles. The molecule has 3 rings (SSSR count). The Morgan fingerprint density at radius 3 is 2.44 bits per heavy atom. The van der Waals surface area contributed by atoms with E-state index in [1.54, 1.807) is 40.5 Å². The molecular formula is C20H18ClNO2S. The molecule has 0 fully saturated rings. The highest BCUT2D eigenvalue weighted by Crippen LogP contribution is 2.21. The van der Waals surface area contributed by atoms with Crippen LogP contribution >= 0.6 is 22.9 Å². The molecule has 0 bridgehead atoms. The van der Waals surface area contributed by atoms with Gasteiger partial charge in [0.15, 0.2) is 6.61 Å². The molecule has 25 heavy (non-hydrogen) atoms. The number of ether oxygens (including phenoxy) is 1. The summed E-state index contributed by atoms with van der Waals surface area (Å²) in [7, 11) is 0. The minimum absolute atomic E-state index is 0.0269. The normalized spacial score (nSPS) is 10.5. The van der Waals surface area contributed by atoms with Crippen molar-refractivity contribution < 1.29 is 9.53 Å². The lowest BCUT2D eigenvalue weighted by Gasteiger charge is -2.22. The number of carbonyl (C=O) groups is 1. The molecule has 0 aliphatic heterocycles. The van der Waals surface area contributed by atoms with Gasteiger partial charge in [0.2, 0.25) is 0 Å². The molecule has 0 aliphatic rings. The van der Waals surface area contributed by atoms with Gasteiger partial charge in [0.05, 0.1) is 6.54 Å². The van der Waals surface area contributed by atoms with Crippen molar-refractivity contribution in [1.29, 1.82) is 0 Å². The van der Waals surface area contributed by atoms with Crippen molar-refractivity contribution >= 4 is 34.5 Å². The van der Waals surface area contributed by atoms with Gasteiger partial charge in [-0.15, -0.1) is 11.3 Å². The van der Waals surface area contributed by atoms with Crippen LogP contribution in [-0.4, -0.2) is 12.5 Å². The van der Waals surface area contributed by atoms with Crippen LogP contribution in [0, 0.1) is 6.92 Å². The summed E-state index contributed by atoms with van der Waals surface area (Å²) in [6.07, 6.45) is 0. The molecule has 3 aromatic rings. The van der Waals surface area contributed by atoms with Crippen LogP contribution in [0.3, 0.4) is 0 Å². The number of carbonyl (C=O) groups excluding carboxylic acids is 1. The SMILES string of the molecule is Cc1ccc(N(Cc2cccs2)C(=O)COc2ccc(Cl)cc2)cc1. The molecule has 1 heterocycles. The minimum atomic E-state index is -0.0906. The highest BCUT2D eigenvalue weighted by Gasteiger charge is 2.17. The fraction of sp³-hybridized carbons (Fsp3) is 0.150. The maximum absolute atomic E-state index is 12.8. The van der Waals surface area contributed by atoms with Crippen molar-refractivity contribution in [2.45, 2.75) is 13.5 Å². The maximum Gasteiger partial charge on any atom is 0.265 e. The van der Waals surface area contributed by atoms with Gasteiger partial charge in [0.1, 0.15) is 5.75 Å². The number of aryl methyl sites for hydroxylation is 1. The summed E-state index contributed by atoms with van der Waals surface area (Å²) >= 11 is 7.50. The lowest BCUT2D eigenvalue weighted by molar-refractivity contribution is -0.120. The average molecular weight is 372 g/mol. The van der Waals surface area contributed by atoms with E-state index in [0.29, 0.717) is 17.3 Å². The number of amides is 1. The third-order valence-corrected chi connectivity index (χ3v) is 4.83. The van der Waals surface area contributed by atoms with Crippen LogP contribution in [-0.2, 0) is 11.3 Å². The number of rotatable bonds is 6. The van der Waals surface area contributed by atoms with Crippen LogP contribution < -0.4 is 9.64 Å².